The third-order valence-electron chi connectivity index (χ3n) is 11.0. The minimum Gasteiger partial charge on any atom is -0.383 e. The number of nitrogens with zero attached hydrogens (tertiary/aromatic N) is 7. The molecule has 1 spiro atoms. The first kappa shape index (κ1) is 28.5. The molecule has 0 amide bonds. The van der Waals surface area contributed by atoms with Crippen LogP contribution in [0.4, 0.5) is 17.3 Å². The second-order valence-corrected chi connectivity index (χ2v) is 13.8. The Kier molecular flexibility index (Phi) is 6.48. The Labute approximate surface area is 263 Å². The second kappa shape index (κ2) is 10.3. The molecular weight excluding hydrogens is 564 g/mol. The number of aliphatic hydroxyl groups is 1. The minimum absolute atomic E-state index is 0.0858. The lowest BCUT2D eigenvalue weighted by molar-refractivity contribution is -0.0580. The van der Waals surface area contributed by atoms with Crippen LogP contribution in [0.5, 0.6) is 0 Å². The molecule has 3 aromatic heterocycles. The van der Waals surface area contributed by atoms with Gasteiger partial charge in [-0.1, -0.05) is 19.1 Å². The molecule has 3 aliphatic heterocycles. The first-order chi connectivity index (χ1) is 21.7. The van der Waals surface area contributed by atoms with Gasteiger partial charge in [-0.2, -0.15) is 4.98 Å². The zero-order valence-electron chi connectivity index (χ0n) is 26.4. The van der Waals surface area contributed by atoms with Crippen molar-refractivity contribution in [1.82, 2.24) is 29.2 Å². The summed E-state index contributed by atoms with van der Waals surface area (Å²) in [5.74, 6) is 0.948. The number of piperidine rings is 1. The Morgan fingerprint density at radius 3 is 2.51 bits per heavy atom. The topological polar surface area (TPSA) is 104 Å². The number of anilines is 3. The summed E-state index contributed by atoms with van der Waals surface area (Å²) in [6.07, 6.45) is 9.11. The van der Waals surface area contributed by atoms with E-state index in [0.29, 0.717) is 47.3 Å². The van der Waals surface area contributed by atoms with Gasteiger partial charge in [-0.15, -0.1) is 6.58 Å². The van der Waals surface area contributed by atoms with E-state index in [0.717, 1.165) is 55.7 Å². The number of hydrogen-bond acceptors (Lipinski definition) is 8. The van der Waals surface area contributed by atoms with Gasteiger partial charge in [-0.05, 0) is 88.3 Å². The fourth-order valence-electron chi connectivity index (χ4n) is 8.53. The summed E-state index contributed by atoms with van der Waals surface area (Å²) in [6.45, 7) is 12.9. The lowest BCUT2D eigenvalue weighted by Gasteiger charge is -2.58. The molecule has 9 rings (SSSR count). The van der Waals surface area contributed by atoms with Gasteiger partial charge in [0, 0.05) is 54.2 Å². The largest absolute Gasteiger partial charge is 0.383 e. The van der Waals surface area contributed by atoms with E-state index in [2.05, 4.69) is 70.9 Å². The Morgan fingerprint density at radius 2 is 1.84 bits per heavy atom. The molecule has 3 saturated heterocycles. The Morgan fingerprint density at radius 1 is 1.09 bits per heavy atom. The molecule has 2 N–H and O–H groups in total. The van der Waals surface area contributed by atoms with Crippen LogP contribution in [-0.4, -0.2) is 65.5 Å². The van der Waals surface area contributed by atoms with Crippen LogP contribution in [0.1, 0.15) is 64.1 Å². The molecule has 6 heterocycles. The van der Waals surface area contributed by atoms with E-state index in [9.17, 15) is 9.90 Å². The number of aryl methyl sites for hydroxylation is 1. The van der Waals surface area contributed by atoms with E-state index in [-0.39, 0.29) is 17.5 Å². The van der Waals surface area contributed by atoms with Gasteiger partial charge in [0.15, 0.2) is 11.5 Å². The van der Waals surface area contributed by atoms with Crippen LogP contribution in [0.25, 0.3) is 16.9 Å². The van der Waals surface area contributed by atoms with E-state index >= 15 is 0 Å². The number of hydrogen-bond donors (Lipinski definition) is 2. The number of fused-ring (bicyclic) bond motifs is 4. The molecule has 2 unspecified atom stereocenters. The van der Waals surface area contributed by atoms with Crippen molar-refractivity contribution in [3.05, 3.63) is 76.9 Å². The Balaban J connectivity index is 1.11. The number of benzene rings is 1. The van der Waals surface area contributed by atoms with Gasteiger partial charge < -0.3 is 15.3 Å². The molecule has 10 heteroatoms. The third-order valence-corrected chi connectivity index (χ3v) is 11.0. The van der Waals surface area contributed by atoms with Crippen LogP contribution >= 0.6 is 0 Å². The first-order valence-electron chi connectivity index (χ1n) is 16.5. The highest BCUT2D eigenvalue weighted by molar-refractivity contribution is 5.77. The van der Waals surface area contributed by atoms with Crippen molar-refractivity contribution >= 4 is 28.4 Å². The van der Waals surface area contributed by atoms with Gasteiger partial charge in [-0.25, -0.2) is 19.3 Å². The fourth-order valence-corrected chi connectivity index (χ4v) is 8.53. The van der Waals surface area contributed by atoms with Crippen LogP contribution < -0.4 is 15.8 Å². The van der Waals surface area contributed by atoms with Crippen molar-refractivity contribution in [2.75, 3.05) is 23.3 Å². The smallest absolute Gasteiger partial charge is 0.278 e. The lowest BCUT2D eigenvalue weighted by atomic mass is 9.70. The van der Waals surface area contributed by atoms with Gasteiger partial charge in [-0.3, -0.25) is 9.69 Å². The number of nitrogens with one attached hydrogen (secondary N) is 1. The van der Waals surface area contributed by atoms with Crippen LogP contribution in [0.3, 0.4) is 0 Å². The molecule has 2 aliphatic carbocycles. The summed E-state index contributed by atoms with van der Waals surface area (Å²) in [6, 6.07) is 14.3. The summed E-state index contributed by atoms with van der Waals surface area (Å²) >= 11 is 0. The maximum absolute atomic E-state index is 13.5. The highest BCUT2D eigenvalue weighted by Gasteiger charge is 2.61. The van der Waals surface area contributed by atoms with E-state index in [1.165, 1.54) is 12.1 Å². The van der Waals surface area contributed by atoms with Gasteiger partial charge in [0.1, 0.15) is 11.0 Å². The Hall–Kier alpha value is -4.02. The SMILES string of the molecule is C=CCn1c(=O)c2cnc(Nc3ccc(N4CC5CC(C4)N5C(C)C)cc3)nc2n1-c1ccc2c(n1)[C@](O)(CC)C1(CC2)CC1. The third kappa shape index (κ3) is 4.29. The number of rotatable bonds is 8. The number of pyridine rings is 1. The highest BCUT2D eigenvalue weighted by Crippen LogP contribution is 2.64. The van der Waals surface area contributed by atoms with E-state index in [4.69, 9.17) is 9.97 Å². The first-order valence-corrected chi connectivity index (χ1v) is 16.5. The lowest BCUT2D eigenvalue weighted by Crippen LogP contribution is -2.70. The summed E-state index contributed by atoms with van der Waals surface area (Å²) in [4.78, 5) is 33.1. The molecule has 5 aliphatic rings. The average molecular weight is 607 g/mol. The van der Waals surface area contributed by atoms with Crippen molar-refractivity contribution in [3.63, 3.8) is 0 Å². The number of aromatic nitrogens is 5. The number of piperazine rings is 1. The molecular formula is C35H42N8O2. The predicted octanol–water partition coefficient (Wildman–Crippen LogP) is 4.90. The quantitative estimate of drug-likeness (QED) is 0.273. The molecule has 1 saturated carbocycles. The standard InChI is InChI=1S/C35H42N8O2/c1-5-17-41-32(44)28-19-36-33(37-24-8-10-25(11-9-24)40-20-26-18-27(21-40)42(26)22(3)4)39-31(28)43(41)29-12-7-23-13-14-34(15-16-34)35(45,6-2)30(23)38-29/h5,7-12,19,22,26-27,45H,1,6,13-18,20-21H2,2-4H3,(H,36,37,39)/t26?,27?,35-/m1/s1. The van der Waals surface area contributed by atoms with Gasteiger partial charge in [0.2, 0.25) is 5.95 Å². The molecule has 4 aromatic rings. The van der Waals surface area contributed by atoms with Crippen molar-refractivity contribution in [3.8, 4) is 5.82 Å². The van der Waals surface area contributed by atoms with Crippen LogP contribution in [0, 0.1) is 5.41 Å². The molecule has 45 heavy (non-hydrogen) atoms. The van der Waals surface area contributed by atoms with Crippen LogP contribution in [0.2, 0.25) is 0 Å². The average Bonchev–Trinajstić information content (AvgIpc) is 3.78. The maximum atomic E-state index is 13.5. The van der Waals surface area contributed by atoms with Crippen molar-refractivity contribution in [2.24, 2.45) is 5.41 Å². The fraction of sp³-hybridized carbons (Fsp3) is 0.486. The maximum Gasteiger partial charge on any atom is 0.278 e. The summed E-state index contributed by atoms with van der Waals surface area (Å²) in [7, 11) is 0. The molecule has 1 aromatic carbocycles. The van der Waals surface area contributed by atoms with Crippen molar-refractivity contribution in [2.45, 2.75) is 89.6 Å². The molecule has 10 nitrogen and oxygen atoms in total. The second-order valence-electron chi connectivity index (χ2n) is 13.8. The molecule has 4 fully saturated rings. The van der Waals surface area contributed by atoms with Crippen LogP contribution in [0.15, 0.2) is 60.0 Å². The highest BCUT2D eigenvalue weighted by atomic mass is 16.3. The zero-order chi connectivity index (χ0) is 31.1. The van der Waals surface area contributed by atoms with Gasteiger partial charge in [0.05, 0.1) is 12.2 Å². The van der Waals surface area contributed by atoms with Gasteiger partial charge >= 0.3 is 0 Å². The Bertz CT molecular complexity index is 1840. The monoisotopic (exact) mass is 606 g/mol. The zero-order valence-corrected chi connectivity index (χ0v) is 26.4. The molecule has 234 valence electrons. The van der Waals surface area contributed by atoms with Crippen molar-refractivity contribution in [1.29, 1.82) is 0 Å². The normalized spacial score (nSPS) is 25.0. The summed E-state index contributed by atoms with van der Waals surface area (Å²) in [5, 5.41) is 15.7. The minimum atomic E-state index is -0.973. The van der Waals surface area contributed by atoms with E-state index < -0.39 is 5.60 Å². The molecule has 3 atom stereocenters. The molecule has 2 bridgehead atoms. The van der Waals surface area contributed by atoms with Crippen LogP contribution in [-0.2, 0) is 18.6 Å². The summed E-state index contributed by atoms with van der Waals surface area (Å²) in [5.41, 5.74) is 3.11. The number of allylic oxidation sites excluding steroid dienone is 1. The van der Waals surface area contributed by atoms with E-state index in [1.54, 1.807) is 21.6 Å². The predicted molar refractivity (Wildman–Crippen MR) is 176 cm³/mol. The van der Waals surface area contributed by atoms with Gasteiger partial charge in [0.25, 0.3) is 5.56 Å². The molecule has 0 radical (unpaired) electrons. The van der Waals surface area contributed by atoms with Crippen molar-refractivity contribution < 1.29 is 5.11 Å². The van der Waals surface area contributed by atoms with E-state index in [1.807, 2.05) is 13.0 Å². The summed E-state index contributed by atoms with van der Waals surface area (Å²) < 4.78 is 3.34.